The van der Waals surface area contributed by atoms with Crippen LogP contribution in [0.1, 0.15) is 41.0 Å². The van der Waals surface area contributed by atoms with E-state index >= 15 is 0 Å². The molecule has 0 fully saturated rings. The molecule has 1 atom stereocenters. The van der Waals surface area contributed by atoms with E-state index in [0.717, 1.165) is 29.1 Å². The maximum Gasteiger partial charge on any atom is 0.123 e. The van der Waals surface area contributed by atoms with Gasteiger partial charge >= 0.3 is 0 Å². The highest BCUT2D eigenvalue weighted by molar-refractivity contribution is 5.38. The van der Waals surface area contributed by atoms with Crippen molar-refractivity contribution < 1.29 is 4.39 Å². The van der Waals surface area contributed by atoms with Crippen molar-refractivity contribution in [1.82, 2.24) is 10.3 Å². The molecular formula is C17H21FN2. The van der Waals surface area contributed by atoms with E-state index in [1.807, 2.05) is 26.8 Å². The summed E-state index contributed by atoms with van der Waals surface area (Å²) in [4.78, 5) is 4.42. The largest absolute Gasteiger partial charge is 0.307 e. The fourth-order valence-electron chi connectivity index (χ4n) is 2.61. The average Bonchev–Trinajstić information content (AvgIpc) is 2.35. The fraction of sp³-hybridized carbons (Fsp3) is 0.353. The predicted molar refractivity (Wildman–Crippen MR) is 80.4 cm³/mol. The monoisotopic (exact) mass is 272 g/mol. The predicted octanol–water partition coefficient (Wildman–Crippen LogP) is 3.84. The second kappa shape index (κ2) is 6.14. The molecular weight excluding hydrogens is 251 g/mol. The molecule has 2 rings (SSSR count). The zero-order valence-corrected chi connectivity index (χ0v) is 12.5. The number of benzene rings is 1. The highest BCUT2D eigenvalue weighted by Crippen LogP contribution is 2.26. The van der Waals surface area contributed by atoms with Gasteiger partial charge in [-0.1, -0.05) is 13.0 Å². The van der Waals surface area contributed by atoms with Crippen LogP contribution in [-0.4, -0.2) is 11.5 Å². The van der Waals surface area contributed by atoms with E-state index < -0.39 is 0 Å². The highest BCUT2D eigenvalue weighted by Gasteiger charge is 2.16. The van der Waals surface area contributed by atoms with Gasteiger partial charge < -0.3 is 5.32 Å². The van der Waals surface area contributed by atoms with Crippen molar-refractivity contribution in [1.29, 1.82) is 0 Å². The van der Waals surface area contributed by atoms with Crippen molar-refractivity contribution in [3.05, 3.63) is 64.2 Å². The van der Waals surface area contributed by atoms with Crippen LogP contribution in [0.2, 0.25) is 0 Å². The highest BCUT2D eigenvalue weighted by atomic mass is 19.1. The lowest BCUT2D eigenvalue weighted by Crippen LogP contribution is -2.23. The maximum atomic E-state index is 13.3. The number of aromatic nitrogens is 1. The van der Waals surface area contributed by atoms with Crippen molar-refractivity contribution >= 4 is 0 Å². The van der Waals surface area contributed by atoms with Gasteiger partial charge in [-0.2, -0.15) is 0 Å². The van der Waals surface area contributed by atoms with Crippen LogP contribution in [0.15, 0.2) is 30.3 Å². The Hall–Kier alpha value is -1.74. The first kappa shape index (κ1) is 14.7. The van der Waals surface area contributed by atoms with E-state index in [4.69, 9.17) is 0 Å². The summed E-state index contributed by atoms with van der Waals surface area (Å²) in [5, 5.41) is 3.48. The average molecular weight is 272 g/mol. The second-order valence-corrected chi connectivity index (χ2v) is 5.17. The van der Waals surface area contributed by atoms with E-state index in [1.54, 1.807) is 6.07 Å². The van der Waals surface area contributed by atoms with Gasteiger partial charge in [-0.25, -0.2) is 4.39 Å². The minimum Gasteiger partial charge on any atom is -0.307 e. The lowest BCUT2D eigenvalue weighted by atomic mass is 9.94. The fourth-order valence-corrected chi connectivity index (χ4v) is 2.61. The molecule has 1 N–H and O–H groups in total. The van der Waals surface area contributed by atoms with Crippen molar-refractivity contribution in [2.45, 2.75) is 33.7 Å². The Bertz CT molecular complexity index is 588. The van der Waals surface area contributed by atoms with Gasteiger partial charge in [0.05, 0.1) is 6.04 Å². The van der Waals surface area contributed by atoms with Gasteiger partial charge in [0, 0.05) is 11.4 Å². The third kappa shape index (κ3) is 3.23. The minimum absolute atomic E-state index is 0.0704. The van der Waals surface area contributed by atoms with Gasteiger partial charge in [0.1, 0.15) is 5.82 Å². The first-order valence-corrected chi connectivity index (χ1v) is 6.96. The van der Waals surface area contributed by atoms with Crippen molar-refractivity contribution in [2.75, 3.05) is 6.54 Å². The molecule has 3 heteroatoms. The first-order chi connectivity index (χ1) is 9.51. The normalized spacial score (nSPS) is 12.4. The van der Waals surface area contributed by atoms with E-state index in [0.29, 0.717) is 0 Å². The molecule has 0 bridgehead atoms. The van der Waals surface area contributed by atoms with Crippen LogP contribution in [0, 0.1) is 26.6 Å². The zero-order chi connectivity index (χ0) is 14.7. The number of aryl methyl sites for hydroxylation is 3. The summed E-state index contributed by atoms with van der Waals surface area (Å²) >= 11 is 0. The summed E-state index contributed by atoms with van der Waals surface area (Å²) in [6.07, 6.45) is 0. The van der Waals surface area contributed by atoms with Crippen molar-refractivity contribution in [3.63, 3.8) is 0 Å². The van der Waals surface area contributed by atoms with Crippen LogP contribution < -0.4 is 5.32 Å². The minimum atomic E-state index is -0.191. The Balaban J connectivity index is 2.49. The molecule has 0 radical (unpaired) electrons. The summed E-state index contributed by atoms with van der Waals surface area (Å²) in [6.45, 7) is 8.87. The maximum absolute atomic E-state index is 13.3. The van der Waals surface area contributed by atoms with E-state index in [-0.39, 0.29) is 11.9 Å². The smallest absolute Gasteiger partial charge is 0.123 e. The second-order valence-electron chi connectivity index (χ2n) is 5.17. The molecule has 0 spiro atoms. The molecule has 2 nitrogen and oxygen atoms in total. The Labute approximate surface area is 120 Å². The lowest BCUT2D eigenvalue weighted by Gasteiger charge is -2.21. The Morgan fingerprint density at radius 1 is 1.10 bits per heavy atom. The van der Waals surface area contributed by atoms with E-state index in [2.05, 4.69) is 29.4 Å². The molecule has 1 unspecified atom stereocenters. The Kier molecular flexibility index (Phi) is 4.50. The van der Waals surface area contributed by atoms with Crippen molar-refractivity contribution in [2.24, 2.45) is 0 Å². The SMILES string of the molecule is CCNC(c1cc(C)nc(C)c1)c1ccc(F)cc1C. The van der Waals surface area contributed by atoms with Crippen LogP contribution in [0.4, 0.5) is 4.39 Å². The third-order valence-electron chi connectivity index (χ3n) is 3.39. The molecule has 20 heavy (non-hydrogen) atoms. The molecule has 0 saturated heterocycles. The van der Waals surface area contributed by atoms with Crippen LogP contribution in [0.5, 0.6) is 0 Å². The molecule has 1 aromatic carbocycles. The summed E-state index contributed by atoms with van der Waals surface area (Å²) in [6, 6.07) is 9.21. The Morgan fingerprint density at radius 3 is 2.30 bits per heavy atom. The van der Waals surface area contributed by atoms with E-state index in [9.17, 15) is 4.39 Å². The van der Waals surface area contributed by atoms with Gasteiger partial charge in [-0.05, 0) is 68.3 Å². The number of hydrogen-bond acceptors (Lipinski definition) is 2. The summed E-state index contributed by atoms with van der Waals surface area (Å²) in [5.74, 6) is -0.191. The van der Waals surface area contributed by atoms with Crippen LogP contribution in [0.25, 0.3) is 0 Å². The number of nitrogens with zero attached hydrogens (tertiary/aromatic N) is 1. The van der Waals surface area contributed by atoms with Gasteiger partial charge in [0.25, 0.3) is 0 Å². The molecule has 1 heterocycles. The van der Waals surface area contributed by atoms with Crippen LogP contribution >= 0.6 is 0 Å². The topological polar surface area (TPSA) is 24.9 Å². The number of nitrogens with one attached hydrogen (secondary N) is 1. The number of halogens is 1. The third-order valence-corrected chi connectivity index (χ3v) is 3.39. The van der Waals surface area contributed by atoms with Gasteiger partial charge in [-0.3, -0.25) is 4.98 Å². The molecule has 0 amide bonds. The molecule has 0 saturated carbocycles. The molecule has 1 aromatic heterocycles. The number of hydrogen-bond donors (Lipinski definition) is 1. The van der Waals surface area contributed by atoms with E-state index in [1.165, 1.54) is 11.6 Å². The summed E-state index contributed by atoms with van der Waals surface area (Å²) < 4.78 is 13.3. The first-order valence-electron chi connectivity index (χ1n) is 6.96. The quantitative estimate of drug-likeness (QED) is 0.914. The van der Waals surface area contributed by atoms with Crippen LogP contribution in [0.3, 0.4) is 0 Å². The molecule has 0 aliphatic heterocycles. The van der Waals surface area contributed by atoms with Gasteiger partial charge in [-0.15, -0.1) is 0 Å². The van der Waals surface area contributed by atoms with Crippen LogP contribution in [-0.2, 0) is 0 Å². The lowest BCUT2D eigenvalue weighted by molar-refractivity contribution is 0.609. The number of pyridine rings is 1. The molecule has 2 aromatic rings. The van der Waals surface area contributed by atoms with Gasteiger partial charge in [0.15, 0.2) is 0 Å². The van der Waals surface area contributed by atoms with Gasteiger partial charge in [0.2, 0.25) is 0 Å². The molecule has 106 valence electrons. The Morgan fingerprint density at radius 2 is 1.75 bits per heavy atom. The standard InChI is InChI=1S/C17H21FN2/c1-5-19-17(14-9-12(3)20-13(4)10-14)16-7-6-15(18)8-11(16)2/h6-10,17,19H,5H2,1-4H3. The zero-order valence-electron chi connectivity index (χ0n) is 12.5. The van der Waals surface area contributed by atoms with Crippen molar-refractivity contribution in [3.8, 4) is 0 Å². The number of rotatable bonds is 4. The summed E-state index contributed by atoms with van der Waals surface area (Å²) in [7, 11) is 0. The summed E-state index contributed by atoms with van der Waals surface area (Å²) in [5.41, 5.74) is 5.25. The molecule has 0 aliphatic carbocycles. The molecule has 0 aliphatic rings.